The highest BCUT2D eigenvalue weighted by molar-refractivity contribution is 5.74. The molecule has 6 heteroatoms. The zero-order valence-corrected chi connectivity index (χ0v) is 13.9. The summed E-state index contributed by atoms with van der Waals surface area (Å²) in [5.74, 6) is 1.00. The van der Waals surface area contributed by atoms with Gasteiger partial charge in [0, 0.05) is 31.5 Å². The van der Waals surface area contributed by atoms with Gasteiger partial charge < -0.3 is 15.5 Å². The van der Waals surface area contributed by atoms with Crippen molar-refractivity contribution in [3.8, 4) is 0 Å². The third-order valence-corrected chi connectivity index (χ3v) is 4.28. The molecule has 0 saturated carbocycles. The number of piperidine rings is 1. The highest BCUT2D eigenvalue weighted by Crippen LogP contribution is 2.17. The molecule has 1 fully saturated rings. The average Bonchev–Trinajstić information content (AvgIpc) is 2.64. The monoisotopic (exact) mass is 325 g/mol. The molecule has 2 aromatic heterocycles. The van der Waals surface area contributed by atoms with Crippen LogP contribution in [0.15, 0.2) is 48.8 Å². The van der Waals surface area contributed by atoms with Crippen molar-refractivity contribution < 1.29 is 4.79 Å². The lowest BCUT2D eigenvalue weighted by atomic mass is 10.1. The molecule has 24 heavy (non-hydrogen) atoms. The quantitative estimate of drug-likeness (QED) is 0.906. The maximum atomic E-state index is 12.2. The lowest BCUT2D eigenvalue weighted by Crippen LogP contribution is -2.48. The van der Waals surface area contributed by atoms with Crippen LogP contribution in [0.5, 0.6) is 0 Å². The molecule has 0 spiro atoms. The van der Waals surface area contributed by atoms with Gasteiger partial charge >= 0.3 is 6.03 Å². The minimum atomic E-state index is -0.135. The van der Waals surface area contributed by atoms with Gasteiger partial charge in [0.05, 0.1) is 11.7 Å². The Labute approximate surface area is 142 Å². The molecule has 1 aliphatic heterocycles. The number of anilines is 1. The molecular formula is C18H23N5O. The first-order valence-electron chi connectivity index (χ1n) is 8.36. The molecule has 0 bridgehead atoms. The fourth-order valence-corrected chi connectivity index (χ4v) is 2.92. The zero-order chi connectivity index (χ0) is 16.8. The van der Waals surface area contributed by atoms with Gasteiger partial charge in [0.15, 0.2) is 0 Å². The summed E-state index contributed by atoms with van der Waals surface area (Å²) in [6, 6.07) is 11.6. The first-order valence-corrected chi connectivity index (χ1v) is 8.36. The number of carbonyl (C=O) groups excluding carboxylic acids is 1. The summed E-state index contributed by atoms with van der Waals surface area (Å²) in [5.41, 5.74) is 0.859. The topological polar surface area (TPSA) is 70.2 Å². The van der Waals surface area contributed by atoms with Crippen molar-refractivity contribution in [1.82, 2.24) is 20.6 Å². The predicted octanol–water partition coefficient (Wildman–Crippen LogP) is 2.51. The molecule has 1 aliphatic rings. The van der Waals surface area contributed by atoms with Gasteiger partial charge in [-0.15, -0.1) is 0 Å². The molecule has 3 heterocycles. The van der Waals surface area contributed by atoms with E-state index in [4.69, 9.17) is 0 Å². The number of hydrogen-bond acceptors (Lipinski definition) is 4. The summed E-state index contributed by atoms with van der Waals surface area (Å²) >= 11 is 0. The van der Waals surface area contributed by atoms with Crippen LogP contribution in [-0.2, 0) is 0 Å². The van der Waals surface area contributed by atoms with Gasteiger partial charge in [-0.3, -0.25) is 4.98 Å². The first kappa shape index (κ1) is 16.2. The van der Waals surface area contributed by atoms with Crippen LogP contribution in [0.25, 0.3) is 0 Å². The summed E-state index contributed by atoms with van der Waals surface area (Å²) in [4.78, 5) is 23.1. The van der Waals surface area contributed by atoms with Crippen LogP contribution in [0.1, 0.15) is 31.5 Å². The standard InChI is InChI=1S/C18H23N5O/c1-14(16-6-2-4-10-19-16)21-18(24)22-15-8-12-23(13-9-15)17-7-3-5-11-20-17/h2-7,10-11,14-15H,8-9,12-13H2,1H3,(H2,21,22,24). The fourth-order valence-electron chi connectivity index (χ4n) is 2.92. The Balaban J connectivity index is 1.45. The van der Waals surface area contributed by atoms with Crippen LogP contribution in [0.3, 0.4) is 0 Å². The molecule has 2 amide bonds. The zero-order valence-electron chi connectivity index (χ0n) is 13.9. The maximum Gasteiger partial charge on any atom is 0.315 e. The Bertz CT molecular complexity index is 641. The Morgan fingerprint density at radius 2 is 1.83 bits per heavy atom. The van der Waals surface area contributed by atoms with E-state index in [1.165, 1.54) is 0 Å². The molecular weight excluding hydrogens is 302 g/mol. The van der Waals surface area contributed by atoms with E-state index >= 15 is 0 Å². The second kappa shape index (κ2) is 7.77. The van der Waals surface area contributed by atoms with Crippen molar-refractivity contribution >= 4 is 11.8 Å². The first-order chi connectivity index (χ1) is 11.7. The number of hydrogen-bond donors (Lipinski definition) is 2. The highest BCUT2D eigenvalue weighted by Gasteiger charge is 2.22. The average molecular weight is 325 g/mol. The van der Waals surface area contributed by atoms with Crippen molar-refractivity contribution in [2.24, 2.45) is 0 Å². The third-order valence-electron chi connectivity index (χ3n) is 4.28. The maximum absolute atomic E-state index is 12.2. The smallest absolute Gasteiger partial charge is 0.315 e. The Morgan fingerprint density at radius 1 is 1.12 bits per heavy atom. The van der Waals surface area contributed by atoms with Crippen LogP contribution in [0.2, 0.25) is 0 Å². The van der Waals surface area contributed by atoms with Gasteiger partial charge in [-0.1, -0.05) is 12.1 Å². The number of pyridine rings is 2. The summed E-state index contributed by atoms with van der Waals surface area (Å²) in [6.45, 7) is 3.74. The number of aromatic nitrogens is 2. The molecule has 3 rings (SSSR count). The molecule has 1 saturated heterocycles. The Kier molecular flexibility index (Phi) is 5.25. The normalized spacial score (nSPS) is 16.5. The molecule has 1 unspecified atom stereocenters. The van der Waals surface area contributed by atoms with E-state index < -0.39 is 0 Å². The number of amides is 2. The molecule has 1 atom stereocenters. The van der Waals surface area contributed by atoms with E-state index in [2.05, 4.69) is 25.5 Å². The lowest BCUT2D eigenvalue weighted by Gasteiger charge is -2.33. The molecule has 0 aliphatic carbocycles. The molecule has 0 aromatic carbocycles. The summed E-state index contributed by atoms with van der Waals surface area (Å²) in [6.07, 6.45) is 5.38. The second-order valence-corrected chi connectivity index (χ2v) is 6.04. The van der Waals surface area contributed by atoms with Crippen LogP contribution < -0.4 is 15.5 Å². The Hall–Kier alpha value is -2.63. The third kappa shape index (κ3) is 4.22. The van der Waals surface area contributed by atoms with Gasteiger partial charge in [0.2, 0.25) is 0 Å². The fraction of sp³-hybridized carbons (Fsp3) is 0.389. The molecule has 2 N–H and O–H groups in total. The van der Waals surface area contributed by atoms with Crippen LogP contribution in [-0.4, -0.2) is 35.1 Å². The molecule has 2 aromatic rings. The largest absolute Gasteiger partial charge is 0.356 e. The summed E-state index contributed by atoms with van der Waals surface area (Å²) in [7, 11) is 0. The summed E-state index contributed by atoms with van der Waals surface area (Å²) < 4.78 is 0. The van der Waals surface area contributed by atoms with E-state index in [1.54, 1.807) is 6.20 Å². The van der Waals surface area contributed by atoms with Gasteiger partial charge in [-0.25, -0.2) is 9.78 Å². The second-order valence-electron chi connectivity index (χ2n) is 6.04. The SMILES string of the molecule is CC(NC(=O)NC1CCN(c2ccccn2)CC1)c1ccccn1. The number of nitrogens with one attached hydrogen (secondary N) is 2. The van der Waals surface area contributed by atoms with Crippen molar-refractivity contribution in [2.45, 2.75) is 31.8 Å². The Morgan fingerprint density at radius 3 is 2.46 bits per heavy atom. The van der Waals surface area contributed by atoms with Gasteiger partial charge in [-0.05, 0) is 44.0 Å². The van der Waals surface area contributed by atoms with E-state index in [1.807, 2.05) is 49.5 Å². The minimum absolute atomic E-state index is 0.111. The van der Waals surface area contributed by atoms with E-state index in [-0.39, 0.29) is 18.1 Å². The summed E-state index contributed by atoms with van der Waals surface area (Å²) in [5, 5.41) is 6.01. The van der Waals surface area contributed by atoms with E-state index in [0.29, 0.717) is 0 Å². The highest BCUT2D eigenvalue weighted by atomic mass is 16.2. The molecule has 0 radical (unpaired) electrons. The van der Waals surface area contributed by atoms with Gasteiger partial charge in [-0.2, -0.15) is 0 Å². The van der Waals surface area contributed by atoms with Crippen LogP contribution in [0, 0.1) is 0 Å². The molecule has 6 nitrogen and oxygen atoms in total. The number of nitrogens with zero attached hydrogens (tertiary/aromatic N) is 3. The van der Waals surface area contributed by atoms with Crippen molar-refractivity contribution in [2.75, 3.05) is 18.0 Å². The predicted molar refractivity (Wildman–Crippen MR) is 93.8 cm³/mol. The van der Waals surface area contributed by atoms with E-state index in [9.17, 15) is 4.79 Å². The van der Waals surface area contributed by atoms with E-state index in [0.717, 1.165) is 37.4 Å². The van der Waals surface area contributed by atoms with Gasteiger partial charge in [0.1, 0.15) is 5.82 Å². The number of carbonyl (C=O) groups is 1. The molecule has 126 valence electrons. The van der Waals surface area contributed by atoms with Crippen molar-refractivity contribution in [1.29, 1.82) is 0 Å². The number of urea groups is 1. The minimum Gasteiger partial charge on any atom is -0.356 e. The lowest BCUT2D eigenvalue weighted by molar-refractivity contribution is 0.231. The van der Waals surface area contributed by atoms with Crippen molar-refractivity contribution in [3.63, 3.8) is 0 Å². The number of rotatable bonds is 4. The van der Waals surface area contributed by atoms with Crippen molar-refractivity contribution in [3.05, 3.63) is 54.5 Å². The van der Waals surface area contributed by atoms with Crippen LogP contribution >= 0.6 is 0 Å². The van der Waals surface area contributed by atoms with Crippen LogP contribution in [0.4, 0.5) is 10.6 Å². The van der Waals surface area contributed by atoms with Gasteiger partial charge in [0.25, 0.3) is 0 Å².